The van der Waals surface area contributed by atoms with Crippen LogP contribution in [-0.4, -0.2) is 59.9 Å². The normalized spacial score (nSPS) is 15.4. The zero-order chi connectivity index (χ0) is 35.5. The summed E-state index contributed by atoms with van der Waals surface area (Å²) in [6, 6.07) is 15.9. The summed E-state index contributed by atoms with van der Waals surface area (Å²) in [5.74, 6) is 1.34. The van der Waals surface area contributed by atoms with Crippen LogP contribution in [0.3, 0.4) is 0 Å². The molecule has 1 fully saturated rings. The Morgan fingerprint density at radius 3 is 2.49 bits per heavy atom. The number of pyridine rings is 1. The van der Waals surface area contributed by atoms with Crippen LogP contribution in [0.5, 0.6) is 17.2 Å². The molecule has 1 saturated heterocycles. The highest BCUT2D eigenvalue weighted by atomic mass is 32.2. The minimum Gasteiger partial charge on any atom is -0.490 e. The molecular weight excluding hydrogens is 648 g/mol. The summed E-state index contributed by atoms with van der Waals surface area (Å²) < 4.78 is 45.5. The molecule has 0 radical (unpaired) electrons. The topological polar surface area (TPSA) is 170 Å². The fourth-order valence-corrected chi connectivity index (χ4v) is 7.27. The van der Waals surface area contributed by atoms with E-state index in [1.54, 1.807) is 67.4 Å². The zero-order valence-corrected chi connectivity index (χ0v) is 29.0. The van der Waals surface area contributed by atoms with E-state index in [1.165, 1.54) is 18.2 Å². The molecule has 2 atom stereocenters. The number of amides is 2. The lowest BCUT2D eigenvalue weighted by Gasteiger charge is -2.31. The number of benzene rings is 3. The summed E-state index contributed by atoms with van der Waals surface area (Å²) >= 11 is 0. The molecular formula is C36H42N4O8S. The third kappa shape index (κ3) is 7.67. The number of ether oxygens (including phenoxy) is 3. The van der Waals surface area contributed by atoms with Crippen molar-refractivity contribution in [1.29, 1.82) is 0 Å². The second-order valence-corrected chi connectivity index (χ2v) is 14.8. The van der Waals surface area contributed by atoms with Crippen LogP contribution in [0, 0.1) is 0 Å². The second kappa shape index (κ2) is 14.6. The van der Waals surface area contributed by atoms with Crippen LogP contribution >= 0.6 is 0 Å². The Morgan fingerprint density at radius 1 is 1.02 bits per heavy atom. The number of nitrogens with zero attached hydrogens (tertiary/aromatic N) is 2. The maximum Gasteiger partial charge on any atom is 0.409 e. The number of hydrogen-bond acceptors (Lipinski definition) is 9. The monoisotopic (exact) mass is 690 g/mol. The maximum absolute atomic E-state index is 14.8. The molecule has 13 heteroatoms. The Bertz CT molecular complexity index is 1960. The van der Waals surface area contributed by atoms with E-state index in [4.69, 9.17) is 19.9 Å². The quantitative estimate of drug-likeness (QED) is 0.144. The fourth-order valence-electron chi connectivity index (χ4n) is 5.98. The van der Waals surface area contributed by atoms with E-state index >= 15 is 0 Å². The predicted molar refractivity (Wildman–Crippen MR) is 187 cm³/mol. The third-order valence-corrected chi connectivity index (χ3v) is 10.5. The highest BCUT2D eigenvalue weighted by Crippen LogP contribution is 2.41. The average Bonchev–Trinajstić information content (AvgIpc) is 3.54. The van der Waals surface area contributed by atoms with Gasteiger partial charge < -0.3 is 30.0 Å². The van der Waals surface area contributed by atoms with E-state index in [9.17, 15) is 23.1 Å². The number of carboxylic acid groups (broad SMARTS) is 1. The maximum atomic E-state index is 14.8. The number of anilines is 2. The van der Waals surface area contributed by atoms with E-state index in [1.807, 2.05) is 20.8 Å². The van der Waals surface area contributed by atoms with Gasteiger partial charge in [0.2, 0.25) is 6.10 Å². The van der Waals surface area contributed by atoms with Crippen molar-refractivity contribution in [2.75, 3.05) is 24.2 Å². The Hall–Kier alpha value is -5.04. The number of nitrogens with one attached hydrogen (secondary N) is 1. The predicted octanol–water partition coefficient (Wildman–Crippen LogP) is 6.76. The van der Waals surface area contributed by atoms with E-state index < -0.39 is 39.2 Å². The largest absolute Gasteiger partial charge is 0.490 e. The van der Waals surface area contributed by atoms with Gasteiger partial charge in [0, 0.05) is 29.4 Å². The molecule has 49 heavy (non-hydrogen) atoms. The van der Waals surface area contributed by atoms with Crippen LogP contribution < -0.4 is 25.3 Å². The van der Waals surface area contributed by atoms with Gasteiger partial charge in [0.1, 0.15) is 11.6 Å². The van der Waals surface area contributed by atoms with Gasteiger partial charge in [-0.15, -0.1) is 0 Å². The number of likely N-dealkylation sites (tertiary alicyclic amines) is 1. The van der Waals surface area contributed by atoms with Gasteiger partial charge in [0.05, 0.1) is 28.9 Å². The summed E-state index contributed by atoms with van der Waals surface area (Å²) in [6.45, 7) is 9.52. The van der Waals surface area contributed by atoms with Gasteiger partial charge >= 0.3 is 6.09 Å². The lowest BCUT2D eigenvalue weighted by Crippen LogP contribution is -2.37. The molecule has 1 aliphatic rings. The molecule has 3 aromatic carbocycles. The standard InChI is InChI=1S/C36H42N4O8S/c1-6-46-31-19-24(9-13-30(31)47-21(2)3)33(48-26-11-12-27-23(18-26)15-16-38-34(27)37)35(41)40-17-7-8-29(40)28-20-25(39-36(42)43)10-14-32(28)49(44,45)22(4)5/h9-16,18-22,29,33,39H,6-8,17H2,1-5H3,(H2,37,38)(H,42,43)/t29-,33-/m1/s1. The number of nitrogens with two attached hydrogens (primary N) is 1. The molecule has 1 aliphatic heterocycles. The lowest BCUT2D eigenvalue weighted by molar-refractivity contribution is -0.140. The third-order valence-electron chi connectivity index (χ3n) is 8.26. The molecule has 260 valence electrons. The first-order chi connectivity index (χ1) is 23.3. The molecule has 0 unspecified atom stereocenters. The summed E-state index contributed by atoms with van der Waals surface area (Å²) in [4.78, 5) is 32.1. The molecule has 2 amide bonds. The first kappa shape index (κ1) is 35.3. The van der Waals surface area contributed by atoms with Crippen molar-refractivity contribution in [2.24, 2.45) is 0 Å². The van der Waals surface area contributed by atoms with Gasteiger partial charge in [-0.2, -0.15) is 0 Å². The molecule has 0 spiro atoms. The van der Waals surface area contributed by atoms with Crippen LogP contribution in [0.15, 0.2) is 71.8 Å². The SMILES string of the molecule is CCOc1cc([C@@H](Oc2ccc3c(N)nccc3c2)C(=O)N2CCC[C@@H]2c2cc(NC(=O)O)ccc2S(=O)(=O)C(C)C)ccc1OC(C)C. The molecule has 0 aliphatic carbocycles. The molecule has 2 heterocycles. The van der Waals surface area contributed by atoms with Gasteiger partial charge in [-0.25, -0.2) is 18.2 Å². The number of carbonyl (C=O) groups is 2. The van der Waals surface area contributed by atoms with Crippen LogP contribution in [0.25, 0.3) is 10.8 Å². The van der Waals surface area contributed by atoms with Gasteiger partial charge in [0.15, 0.2) is 21.3 Å². The summed E-state index contributed by atoms with van der Waals surface area (Å²) in [5, 5.41) is 12.5. The number of rotatable bonds is 12. The molecule has 4 N–H and O–H groups in total. The molecule has 0 bridgehead atoms. The number of hydrogen-bond donors (Lipinski definition) is 3. The number of sulfone groups is 1. The number of fused-ring (bicyclic) bond motifs is 1. The Morgan fingerprint density at radius 2 is 1.80 bits per heavy atom. The molecule has 0 saturated carbocycles. The number of carbonyl (C=O) groups excluding carboxylic acids is 1. The van der Waals surface area contributed by atoms with Crippen LogP contribution in [0.4, 0.5) is 16.3 Å². The Labute approximate surface area is 286 Å². The van der Waals surface area contributed by atoms with Crippen molar-refractivity contribution in [1.82, 2.24) is 9.88 Å². The molecule has 1 aromatic heterocycles. The zero-order valence-electron chi connectivity index (χ0n) is 28.2. The van der Waals surface area contributed by atoms with Crippen molar-refractivity contribution >= 4 is 44.1 Å². The molecule has 5 rings (SSSR count). The summed E-state index contributed by atoms with van der Waals surface area (Å²) in [5.41, 5.74) is 7.11. The average molecular weight is 691 g/mol. The van der Waals surface area contributed by atoms with E-state index in [0.29, 0.717) is 60.2 Å². The second-order valence-electron chi connectivity index (χ2n) is 12.3. The van der Waals surface area contributed by atoms with Gasteiger partial charge in [-0.05, 0) is 113 Å². The lowest BCUT2D eigenvalue weighted by atomic mass is 10.0. The molecule has 12 nitrogen and oxygen atoms in total. The van der Waals surface area contributed by atoms with Crippen LogP contribution in [0.1, 0.15) is 70.7 Å². The van der Waals surface area contributed by atoms with E-state index in [0.717, 1.165) is 10.8 Å². The smallest absolute Gasteiger partial charge is 0.409 e. The van der Waals surface area contributed by atoms with Gasteiger partial charge in [-0.3, -0.25) is 10.1 Å². The number of aromatic nitrogens is 1. The fraction of sp³-hybridized carbons (Fsp3) is 0.361. The molecule has 4 aromatic rings. The highest BCUT2D eigenvalue weighted by molar-refractivity contribution is 7.92. The van der Waals surface area contributed by atoms with Crippen molar-refractivity contribution in [3.63, 3.8) is 0 Å². The first-order valence-electron chi connectivity index (χ1n) is 16.2. The summed E-state index contributed by atoms with van der Waals surface area (Å²) in [7, 11) is -3.80. The van der Waals surface area contributed by atoms with Crippen molar-refractivity contribution in [3.8, 4) is 17.2 Å². The minimum atomic E-state index is -3.80. The van der Waals surface area contributed by atoms with E-state index in [2.05, 4.69) is 10.3 Å². The van der Waals surface area contributed by atoms with Crippen LogP contribution in [-0.2, 0) is 14.6 Å². The highest BCUT2D eigenvalue weighted by Gasteiger charge is 2.39. The van der Waals surface area contributed by atoms with E-state index in [-0.39, 0.29) is 16.7 Å². The van der Waals surface area contributed by atoms with Crippen molar-refractivity contribution < 1.29 is 37.3 Å². The number of nitrogen functional groups attached to an aromatic ring is 1. The minimum absolute atomic E-state index is 0.0511. The van der Waals surface area contributed by atoms with Crippen molar-refractivity contribution in [3.05, 3.63) is 78.0 Å². The van der Waals surface area contributed by atoms with Gasteiger partial charge in [-0.1, -0.05) is 6.07 Å². The first-order valence-corrected chi connectivity index (χ1v) is 17.8. The van der Waals surface area contributed by atoms with Gasteiger partial charge in [0.25, 0.3) is 5.91 Å². The van der Waals surface area contributed by atoms with Crippen LogP contribution in [0.2, 0.25) is 0 Å². The summed E-state index contributed by atoms with van der Waals surface area (Å²) in [6.07, 6.45) is 0.0664. The Balaban J connectivity index is 1.61. The Kier molecular flexibility index (Phi) is 10.5. The van der Waals surface area contributed by atoms with Crippen molar-refractivity contribution in [2.45, 2.75) is 75.9 Å².